The monoisotopic (exact) mass is 749 g/mol. The minimum Gasteiger partial charge on any atom is -0.345 e. The van der Waals surface area contributed by atoms with E-state index < -0.39 is 6.29 Å². The summed E-state index contributed by atoms with van der Waals surface area (Å²) in [6.45, 7) is 0. The molecule has 0 bridgehead atoms. The van der Waals surface area contributed by atoms with E-state index in [2.05, 4.69) is 215 Å². The van der Waals surface area contributed by atoms with Gasteiger partial charge >= 0.3 is 0 Å². The van der Waals surface area contributed by atoms with Crippen LogP contribution in [0.5, 0.6) is 0 Å². The lowest BCUT2D eigenvalue weighted by Gasteiger charge is -2.25. The second kappa shape index (κ2) is 13.8. The molecule has 5 nitrogen and oxygen atoms in total. The lowest BCUT2D eigenvalue weighted by Crippen LogP contribution is -2.41. The zero-order valence-electron chi connectivity index (χ0n) is 30.8. The first-order valence-corrected chi connectivity index (χ1v) is 20.0. The van der Waals surface area contributed by atoms with Crippen LogP contribution in [0, 0.1) is 0 Å². The third-order valence-corrected chi connectivity index (χ3v) is 12.0. The molecule has 0 fully saturated rings. The molecule has 0 aliphatic carbocycles. The van der Waals surface area contributed by atoms with Crippen molar-refractivity contribution in [2.45, 2.75) is 6.29 Å². The van der Waals surface area contributed by atoms with Gasteiger partial charge in [-0.3, -0.25) is 4.57 Å². The molecule has 0 saturated carbocycles. The zero-order chi connectivity index (χ0) is 37.7. The van der Waals surface area contributed by atoms with Gasteiger partial charge in [-0.2, -0.15) is 0 Å². The van der Waals surface area contributed by atoms with Crippen LogP contribution in [0.3, 0.4) is 0 Å². The molecular formula is C51H35N5S. The van der Waals surface area contributed by atoms with Gasteiger partial charge in [0.1, 0.15) is 5.01 Å². The van der Waals surface area contributed by atoms with E-state index in [0.717, 1.165) is 81.8 Å². The molecule has 2 aromatic heterocycles. The molecule has 57 heavy (non-hydrogen) atoms. The molecule has 1 atom stereocenters. The number of aromatic nitrogens is 2. The van der Waals surface area contributed by atoms with Crippen molar-refractivity contribution in [3.8, 4) is 21.7 Å². The number of thiazole rings is 1. The average molecular weight is 750 g/mol. The number of hydrogen-bond donors (Lipinski definition) is 1. The van der Waals surface area contributed by atoms with Crippen molar-refractivity contribution in [1.82, 2.24) is 14.9 Å². The molecule has 0 spiro atoms. The Balaban J connectivity index is 1.09. The van der Waals surface area contributed by atoms with Gasteiger partial charge in [0.15, 0.2) is 0 Å². The fraction of sp³-hybridized carbons (Fsp3) is 0.0196. The molecule has 0 amide bonds. The molecule has 10 aromatic rings. The number of nitrogens with one attached hydrogen (secondary N) is 1. The topological polar surface area (TPSA) is 45.5 Å². The van der Waals surface area contributed by atoms with Crippen molar-refractivity contribution in [3.63, 3.8) is 0 Å². The lowest BCUT2D eigenvalue weighted by atomic mass is 10.0. The fourth-order valence-electron chi connectivity index (χ4n) is 8.19. The maximum absolute atomic E-state index is 5.40. The Labute approximate surface area is 333 Å². The first-order chi connectivity index (χ1) is 28.3. The summed E-state index contributed by atoms with van der Waals surface area (Å²) in [7, 11) is 0. The second-order valence-electron chi connectivity index (χ2n) is 14.3. The van der Waals surface area contributed by atoms with E-state index in [0.29, 0.717) is 0 Å². The van der Waals surface area contributed by atoms with Crippen LogP contribution < -0.4 is 20.8 Å². The summed E-state index contributed by atoms with van der Waals surface area (Å²) in [6.07, 6.45) is -0.393. The summed E-state index contributed by atoms with van der Waals surface area (Å²) in [5.74, 6) is 0. The van der Waals surface area contributed by atoms with Crippen LogP contribution in [0.4, 0.5) is 17.1 Å². The summed E-state index contributed by atoms with van der Waals surface area (Å²) < 4.78 is 3.54. The lowest BCUT2D eigenvalue weighted by molar-refractivity contribution is 0.490. The van der Waals surface area contributed by atoms with Gasteiger partial charge in [-0.1, -0.05) is 133 Å². The molecule has 1 aliphatic rings. The summed E-state index contributed by atoms with van der Waals surface area (Å²) in [6, 6.07) is 70.7. The highest BCUT2D eigenvalue weighted by atomic mass is 32.1. The second-order valence-corrected chi connectivity index (χ2v) is 15.3. The van der Waals surface area contributed by atoms with E-state index in [1.54, 1.807) is 11.3 Å². The maximum Gasteiger partial charge on any atom is 0.201 e. The average Bonchev–Trinajstić information content (AvgIpc) is 3.87. The Bertz CT molecular complexity index is 3150. The fourth-order valence-corrected chi connectivity index (χ4v) is 9.31. The molecule has 8 aromatic carbocycles. The van der Waals surface area contributed by atoms with Gasteiger partial charge in [-0.05, 0) is 83.4 Å². The molecule has 11 rings (SSSR count). The highest BCUT2D eigenvalue weighted by Gasteiger charge is 2.25. The van der Waals surface area contributed by atoms with Gasteiger partial charge in [0, 0.05) is 38.6 Å². The predicted molar refractivity (Wildman–Crippen MR) is 237 cm³/mol. The van der Waals surface area contributed by atoms with Gasteiger partial charge in [0.25, 0.3) is 0 Å². The first kappa shape index (κ1) is 33.1. The molecule has 3 heterocycles. The standard InChI is InChI=1S/C51H35N5S/c1-5-15-35(16-6-1)47-42-23-13-14-24-44(42)53-51(54-47)56-46-32-27-37(33-43(46)41-30-31-45-49(48(41)56)57-50(52-45)36-17-7-2-8-18-36)34-25-28-40(29-26-34)55(38-19-9-3-10-20-38)39-21-11-4-12-22-39/h1-33,51,54H. The van der Waals surface area contributed by atoms with E-state index in [1.165, 1.54) is 10.8 Å². The maximum atomic E-state index is 5.40. The van der Waals surface area contributed by atoms with E-state index in [4.69, 9.17) is 9.98 Å². The molecule has 270 valence electrons. The normalized spacial score (nSPS) is 13.7. The van der Waals surface area contributed by atoms with Crippen LogP contribution in [0.25, 0.3) is 59.4 Å². The molecule has 6 heteroatoms. The third-order valence-electron chi connectivity index (χ3n) is 10.8. The third kappa shape index (κ3) is 5.77. The van der Waals surface area contributed by atoms with Gasteiger partial charge in [0.05, 0.1) is 32.3 Å². The highest BCUT2D eigenvalue weighted by molar-refractivity contribution is 7.22. The van der Waals surface area contributed by atoms with Crippen molar-refractivity contribution >= 4 is 66.1 Å². The number of rotatable bonds is 7. The highest BCUT2D eigenvalue weighted by Crippen LogP contribution is 2.43. The zero-order valence-corrected chi connectivity index (χ0v) is 31.6. The molecular weight excluding hydrogens is 715 g/mol. The largest absolute Gasteiger partial charge is 0.345 e. The number of anilines is 3. The van der Waals surface area contributed by atoms with E-state index >= 15 is 0 Å². The van der Waals surface area contributed by atoms with Crippen LogP contribution in [0.2, 0.25) is 0 Å². The molecule has 1 N–H and O–H groups in total. The Kier molecular flexibility index (Phi) is 8.00. The van der Waals surface area contributed by atoms with Crippen molar-refractivity contribution in [1.29, 1.82) is 0 Å². The van der Waals surface area contributed by atoms with Gasteiger partial charge < -0.3 is 10.2 Å². The van der Waals surface area contributed by atoms with Gasteiger partial charge in [0.2, 0.25) is 6.29 Å². The summed E-state index contributed by atoms with van der Waals surface area (Å²) in [5.41, 5.74) is 12.2. The summed E-state index contributed by atoms with van der Waals surface area (Å²) in [5, 5.41) is 9.32. The Morgan fingerprint density at radius 3 is 1.81 bits per heavy atom. The van der Waals surface area contributed by atoms with Crippen LogP contribution in [0.15, 0.2) is 205 Å². The number of para-hydroxylation sites is 3. The summed E-state index contributed by atoms with van der Waals surface area (Å²) >= 11 is 1.74. The van der Waals surface area contributed by atoms with Gasteiger partial charge in [-0.25, -0.2) is 9.98 Å². The van der Waals surface area contributed by atoms with Gasteiger partial charge in [-0.15, -0.1) is 11.3 Å². The van der Waals surface area contributed by atoms with Crippen molar-refractivity contribution in [3.05, 3.63) is 216 Å². The Hall–Kier alpha value is -7.28. The van der Waals surface area contributed by atoms with Crippen LogP contribution >= 0.6 is 11.3 Å². The number of hydrogen-bond acceptors (Lipinski definition) is 5. The van der Waals surface area contributed by atoms with Crippen LogP contribution in [-0.4, -0.2) is 9.55 Å². The van der Waals surface area contributed by atoms with E-state index in [9.17, 15) is 0 Å². The number of fused-ring (bicyclic) bond motifs is 6. The Morgan fingerprint density at radius 2 is 1.11 bits per heavy atom. The molecule has 0 radical (unpaired) electrons. The minimum atomic E-state index is -0.393. The Morgan fingerprint density at radius 1 is 0.509 bits per heavy atom. The number of nitrogens with zero attached hydrogens (tertiary/aromatic N) is 4. The number of benzene rings is 8. The quantitative estimate of drug-likeness (QED) is 0.176. The molecule has 1 unspecified atom stereocenters. The van der Waals surface area contributed by atoms with E-state index in [1.807, 2.05) is 0 Å². The predicted octanol–water partition coefficient (Wildman–Crippen LogP) is 11.7. The molecule has 0 saturated heterocycles. The first-order valence-electron chi connectivity index (χ1n) is 19.2. The SMILES string of the molecule is c1ccc(C2=c3ccccc3=NC(n3c4ccc(-c5ccc(N(c6ccccc6)c6ccccc6)cc5)cc4c4ccc5nc(-c6ccccc6)sc5c43)N2)cc1. The molecule has 1 aliphatic heterocycles. The van der Waals surface area contributed by atoms with Crippen molar-refractivity contribution in [2.24, 2.45) is 4.99 Å². The van der Waals surface area contributed by atoms with Crippen LogP contribution in [-0.2, 0) is 0 Å². The van der Waals surface area contributed by atoms with E-state index in [-0.39, 0.29) is 0 Å². The smallest absolute Gasteiger partial charge is 0.201 e. The van der Waals surface area contributed by atoms with Crippen molar-refractivity contribution in [2.75, 3.05) is 4.90 Å². The van der Waals surface area contributed by atoms with Crippen LogP contribution in [0.1, 0.15) is 11.9 Å². The van der Waals surface area contributed by atoms with Crippen molar-refractivity contribution < 1.29 is 0 Å². The minimum absolute atomic E-state index is 0.393. The summed E-state index contributed by atoms with van der Waals surface area (Å²) in [4.78, 5) is 12.9.